The van der Waals surface area contributed by atoms with Crippen LogP contribution in [0.4, 0.5) is 0 Å². The van der Waals surface area contributed by atoms with Gasteiger partial charge in [-0.3, -0.25) is 14.4 Å². The lowest BCUT2D eigenvalue weighted by atomic mass is 9.79. The number of carbonyl (C=O) groups excluding carboxylic acids is 4. The molecule has 5 atom stereocenters. The number of nitrogens with zero attached hydrogens (tertiary/aromatic N) is 1. The lowest BCUT2D eigenvalue weighted by molar-refractivity contribution is -0.175. The highest BCUT2D eigenvalue weighted by molar-refractivity contribution is 8.03. The van der Waals surface area contributed by atoms with Crippen LogP contribution in [0.5, 0.6) is 0 Å². The van der Waals surface area contributed by atoms with Gasteiger partial charge in [0.15, 0.2) is 0 Å². The number of aliphatic hydroxyl groups is 1. The molecule has 2 amide bonds. The van der Waals surface area contributed by atoms with Gasteiger partial charge >= 0.3 is 11.9 Å². The average molecular weight is 441 g/mol. The van der Waals surface area contributed by atoms with Crippen molar-refractivity contribution in [3.05, 3.63) is 10.6 Å². The van der Waals surface area contributed by atoms with Gasteiger partial charge in [-0.05, 0) is 27.7 Å². The second-order valence-corrected chi connectivity index (χ2v) is 10.3. The fourth-order valence-corrected chi connectivity index (χ4v) is 5.34. The third-order valence-electron chi connectivity index (χ3n) is 5.53. The number of hydrogen-bond acceptors (Lipinski definition) is 8. The van der Waals surface area contributed by atoms with Gasteiger partial charge in [0.2, 0.25) is 18.6 Å². The van der Waals surface area contributed by atoms with Gasteiger partial charge < -0.3 is 24.8 Å². The highest BCUT2D eigenvalue weighted by Gasteiger charge is 2.60. The first-order valence-electron chi connectivity index (χ1n) is 9.96. The van der Waals surface area contributed by atoms with E-state index in [0.717, 1.165) is 0 Å². The molecule has 2 saturated heterocycles. The Morgan fingerprint density at radius 3 is 2.50 bits per heavy atom. The van der Waals surface area contributed by atoms with Crippen molar-refractivity contribution in [3.8, 4) is 0 Å². The smallest absolute Gasteiger partial charge is 0.358 e. The minimum absolute atomic E-state index is 0.0572. The number of esters is 2. The van der Waals surface area contributed by atoms with E-state index >= 15 is 0 Å². The maximum absolute atomic E-state index is 12.9. The zero-order chi connectivity index (χ0) is 22.4. The van der Waals surface area contributed by atoms with Crippen LogP contribution in [-0.4, -0.2) is 64.5 Å². The average Bonchev–Trinajstić information content (AvgIpc) is 3.14. The zero-order valence-electron chi connectivity index (χ0n) is 17.8. The monoisotopic (exact) mass is 440 g/mol. The van der Waals surface area contributed by atoms with E-state index in [-0.39, 0.29) is 34.7 Å². The summed E-state index contributed by atoms with van der Waals surface area (Å²) in [5, 5.41) is 12.7. The van der Waals surface area contributed by atoms with Crippen LogP contribution < -0.4 is 5.32 Å². The van der Waals surface area contributed by atoms with Gasteiger partial charge in [-0.25, -0.2) is 4.79 Å². The molecule has 166 valence electrons. The minimum atomic E-state index is -0.842. The molecule has 0 aliphatic carbocycles. The van der Waals surface area contributed by atoms with Crippen molar-refractivity contribution in [1.29, 1.82) is 0 Å². The fraction of sp³-hybridized carbons (Fsp3) is 0.700. The SMILES string of the molecule is C[C@@H](O)[C@H]1C(=O)N2C(C(=O)OCOC(=O)C(C)(C)C)=C(SC3CNC(=O)C3)[C@H](C)[C@H]12. The second kappa shape index (κ2) is 8.22. The molecule has 3 rings (SSSR count). The molecular formula is C20H28N2O7S. The van der Waals surface area contributed by atoms with Crippen LogP contribution in [0.15, 0.2) is 10.6 Å². The highest BCUT2D eigenvalue weighted by atomic mass is 32.2. The summed E-state index contributed by atoms with van der Waals surface area (Å²) in [5.41, 5.74) is -0.620. The van der Waals surface area contributed by atoms with Gasteiger partial charge in [0.1, 0.15) is 5.70 Å². The highest BCUT2D eigenvalue weighted by Crippen LogP contribution is 2.51. The summed E-state index contributed by atoms with van der Waals surface area (Å²) in [6.07, 6.45) is -0.518. The summed E-state index contributed by atoms with van der Waals surface area (Å²) in [6.45, 7) is 8.42. The first-order chi connectivity index (χ1) is 13.9. The lowest BCUT2D eigenvalue weighted by Crippen LogP contribution is -2.63. The van der Waals surface area contributed by atoms with Crippen molar-refractivity contribution in [2.45, 2.75) is 58.4 Å². The third-order valence-corrected chi connectivity index (χ3v) is 7.01. The number of amides is 2. The number of ether oxygens (including phenoxy) is 2. The van der Waals surface area contributed by atoms with E-state index in [1.54, 1.807) is 27.7 Å². The van der Waals surface area contributed by atoms with Crippen molar-refractivity contribution in [2.24, 2.45) is 17.3 Å². The first-order valence-corrected chi connectivity index (χ1v) is 10.8. The molecule has 0 bridgehead atoms. The van der Waals surface area contributed by atoms with E-state index in [9.17, 15) is 24.3 Å². The number of nitrogens with one attached hydrogen (secondary N) is 1. The Hall–Kier alpha value is -2.07. The second-order valence-electron chi connectivity index (χ2n) is 8.95. The van der Waals surface area contributed by atoms with Crippen molar-refractivity contribution in [1.82, 2.24) is 10.2 Å². The molecule has 3 heterocycles. The van der Waals surface area contributed by atoms with Crippen molar-refractivity contribution in [3.63, 3.8) is 0 Å². The molecule has 2 fully saturated rings. The normalized spacial score (nSPS) is 29.3. The van der Waals surface area contributed by atoms with Gasteiger partial charge in [-0.15, -0.1) is 11.8 Å². The Morgan fingerprint density at radius 1 is 1.30 bits per heavy atom. The van der Waals surface area contributed by atoms with Gasteiger partial charge in [0.05, 0.1) is 23.5 Å². The van der Waals surface area contributed by atoms with E-state index < -0.39 is 36.2 Å². The van der Waals surface area contributed by atoms with Crippen LogP contribution >= 0.6 is 11.8 Å². The number of thioether (sulfide) groups is 1. The standard InChI is InChI=1S/C20H28N2O7S/c1-9-14-13(10(2)23)17(25)22(14)15(16(9)30-11-6-12(24)21-7-11)18(26)28-8-29-19(27)20(3,4)5/h9-11,13-14,23H,6-8H2,1-5H3,(H,21,24)/t9-,10-,11?,13-,14-/m1/s1. The molecule has 2 N–H and O–H groups in total. The molecule has 0 radical (unpaired) electrons. The topological polar surface area (TPSA) is 122 Å². The molecule has 0 aromatic carbocycles. The summed E-state index contributed by atoms with van der Waals surface area (Å²) in [5.74, 6) is -2.45. The summed E-state index contributed by atoms with van der Waals surface area (Å²) in [6, 6.07) is -0.343. The maximum atomic E-state index is 12.9. The molecule has 0 aromatic heterocycles. The van der Waals surface area contributed by atoms with Crippen LogP contribution in [-0.2, 0) is 28.7 Å². The lowest BCUT2D eigenvalue weighted by Gasteiger charge is -2.46. The quantitative estimate of drug-likeness (QED) is 0.353. The molecule has 0 aromatic rings. The zero-order valence-corrected chi connectivity index (χ0v) is 18.6. The third kappa shape index (κ3) is 4.07. The number of carbonyl (C=O) groups is 4. The molecule has 1 unspecified atom stereocenters. The molecule has 3 aliphatic rings. The number of rotatable bonds is 6. The summed E-state index contributed by atoms with van der Waals surface area (Å²) < 4.78 is 10.2. The van der Waals surface area contributed by atoms with Crippen molar-refractivity contribution < 1.29 is 33.8 Å². The molecule has 0 saturated carbocycles. The number of β-lactam (4-membered cyclic amide) rings is 1. The van der Waals surface area contributed by atoms with E-state index in [4.69, 9.17) is 9.47 Å². The van der Waals surface area contributed by atoms with Crippen LogP contribution in [0.2, 0.25) is 0 Å². The number of hydrogen-bond donors (Lipinski definition) is 2. The summed E-state index contributed by atoms with van der Waals surface area (Å²) in [4.78, 5) is 51.0. The van der Waals surface area contributed by atoms with Gasteiger partial charge in [0, 0.05) is 29.0 Å². The number of fused-ring (bicyclic) bond motifs is 1. The molecule has 0 spiro atoms. The van der Waals surface area contributed by atoms with Crippen LogP contribution in [0, 0.1) is 17.3 Å². The Morgan fingerprint density at radius 2 is 1.97 bits per heavy atom. The largest absolute Gasteiger partial charge is 0.427 e. The van der Waals surface area contributed by atoms with E-state index in [2.05, 4.69) is 5.32 Å². The van der Waals surface area contributed by atoms with E-state index in [1.807, 2.05) is 6.92 Å². The maximum Gasteiger partial charge on any atom is 0.358 e. The van der Waals surface area contributed by atoms with E-state index in [0.29, 0.717) is 17.9 Å². The number of aliphatic hydroxyl groups excluding tert-OH is 1. The molecule has 30 heavy (non-hydrogen) atoms. The van der Waals surface area contributed by atoms with Gasteiger partial charge in [-0.1, -0.05) is 6.92 Å². The molecule has 9 nitrogen and oxygen atoms in total. The summed E-state index contributed by atoms with van der Waals surface area (Å²) >= 11 is 1.38. The van der Waals surface area contributed by atoms with E-state index in [1.165, 1.54) is 16.7 Å². The molecule has 10 heteroatoms. The fourth-order valence-electron chi connectivity index (χ4n) is 3.93. The first kappa shape index (κ1) is 22.6. The van der Waals surface area contributed by atoms with Gasteiger partial charge in [0.25, 0.3) is 0 Å². The predicted molar refractivity (Wildman–Crippen MR) is 108 cm³/mol. The van der Waals surface area contributed by atoms with Crippen LogP contribution in [0.3, 0.4) is 0 Å². The Balaban J connectivity index is 1.78. The predicted octanol–water partition coefficient (Wildman–Crippen LogP) is 0.767. The Bertz CT molecular complexity index is 801. The van der Waals surface area contributed by atoms with Crippen LogP contribution in [0.25, 0.3) is 0 Å². The Kier molecular flexibility index (Phi) is 6.20. The summed E-state index contributed by atoms with van der Waals surface area (Å²) in [7, 11) is 0. The van der Waals surface area contributed by atoms with Crippen molar-refractivity contribution >= 4 is 35.5 Å². The van der Waals surface area contributed by atoms with Crippen molar-refractivity contribution in [2.75, 3.05) is 13.3 Å². The van der Waals surface area contributed by atoms with Crippen LogP contribution in [0.1, 0.15) is 41.0 Å². The Labute approximate surface area is 179 Å². The van der Waals surface area contributed by atoms with Gasteiger partial charge in [-0.2, -0.15) is 0 Å². The molecular weight excluding hydrogens is 412 g/mol. The minimum Gasteiger partial charge on any atom is -0.427 e. The molecule has 3 aliphatic heterocycles.